The third-order valence-electron chi connectivity index (χ3n) is 1.07. The second-order valence-electron chi connectivity index (χ2n) is 1.68. The molecular weight excluding hydrogens is 120 g/mol. The monoisotopic (exact) mass is 126 g/mol. The molecule has 0 aromatic heterocycles. The van der Waals surface area contributed by atoms with Gasteiger partial charge in [-0.2, -0.15) is 0 Å². The Balaban J connectivity index is 2.47. The highest BCUT2D eigenvalue weighted by atomic mass is 32.2. The van der Waals surface area contributed by atoms with Gasteiger partial charge in [0, 0.05) is 6.42 Å². The summed E-state index contributed by atoms with van der Waals surface area (Å²) in [5.41, 5.74) is 0. The van der Waals surface area contributed by atoms with E-state index < -0.39 is 0 Å². The van der Waals surface area contributed by atoms with Crippen LogP contribution in [0.25, 0.3) is 0 Å². The molecule has 0 aliphatic carbocycles. The summed E-state index contributed by atoms with van der Waals surface area (Å²) in [7, 11) is 0. The van der Waals surface area contributed by atoms with Gasteiger partial charge >= 0.3 is 0 Å². The second-order valence-corrected chi connectivity index (χ2v) is 2.94. The van der Waals surface area contributed by atoms with Crippen molar-refractivity contribution in [1.82, 2.24) is 0 Å². The summed E-state index contributed by atoms with van der Waals surface area (Å²) in [6.07, 6.45) is 6.61. The molecule has 8 heavy (non-hydrogen) atoms. The van der Waals surface area contributed by atoms with E-state index in [-0.39, 0.29) is 10.4 Å². The summed E-state index contributed by atoms with van der Waals surface area (Å²) >= 11 is 1.29. The first-order valence-electron chi connectivity index (χ1n) is 2.48. The molecule has 2 heteroatoms. The van der Waals surface area contributed by atoms with Gasteiger partial charge in [-0.15, -0.1) is 6.42 Å². The summed E-state index contributed by atoms with van der Waals surface area (Å²) in [5.74, 6) is 2.54. The third-order valence-corrected chi connectivity index (χ3v) is 2.19. The summed E-state index contributed by atoms with van der Waals surface area (Å²) in [6, 6.07) is 0. The van der Waals surface area contributed by atoms with Crippen molar-refractivity contribution in [2.24, 2.45) is 0 Å². The molecule has 1 rings (SSSR count). The van der Waals surface area contributed by atoms with Crippen molar-refractivity contribution in [1.29, 1.82) is 0 Å². The molecule has 1 aliphatic heterocycles. The van der Waals surface area contributed by atoms with E-state index in [2.05, 4.69) is 5.92 Å². The summed E-state index contributed by atoms with van der Waals surface area (Å²) < 4.78 is 0. The van der Waals surface area contributed by atoms with E-state index in [0.717, 1.165) is 6.42 Å². The number of hydrogen-bond acceptors (Lipinski definition) is 2. The van der Waals surface area contributed by atoms with Crippen LogP contribution in [0.3, 0.4) is 0 Å². The van der Waals surface area contributed by atoms with Crippen molar-refractivity contribution in [3.8, 4) is 12.3 Å². The summed E-state index contributed by atoms with van der Waals surface area (Å²) in [6.45, 7) is 0. The van der Waals surface area contributed by atoms with E-state index in [0.29, 0.717) is 6.42 Å². The van der Waals surface area contributed by atoms with E-state index >= 15 is 0 Å². The quantitative estimate of drug-likeness (QED) is 0.451. The van der Waals surface area contributed by atoms with Crippen molar-refractivity contribution < 1.29 is 4.79 Å². The molecule has 0 spiro atoms. The molecule has 1 nitrogen and oxygen atoms in total. The number of carbonyl (C=O) groups excluding carboxylic acids is 1. The maximum absolute atomic E-state index is 10.5. The molecule has 1 atom stereocenters. The average Bonchev–Trinajstić information content (AvgIpc) is 2.14. The molecule has 0 N–H and O–H groups in total. The topological polar surface area (TPSA) is 17.1 Å². The Kier molecular flexibility index (Phi) is 1.59. The molecular formula is C6H6OS. The molecule has 1 saturated heterocycles. The lowest BCUT2D eigenvalue weighted by Crippen LogP contribution is -1.87. The van der Waals surface area contributed by atoms with E-state index in [4.69, 9.17) is 6.42 Å². The molecule has 0 bridgehead atoms. The van der Waals surface area contributed by atoms with Crippen molar-refractivity contribution in [3.05, 3.63) is 0 Å². The molecule has 1 aliphatic rings. The van der Waals surface area contributed by atoms with E-state index in [1.54, 1.807) is 0 Å². The molecule has 1 heterocycles. The molecule has 0 amide bonds. The van der Waals surface area contributed by atoms with Crippen LogP contribution in [0, 0.1) is 12.3 Å². The van der Waals surface area contributed by atoms with Crippen molar-refractivity contribution in [2.75, 3.05) is 0 Å². The minimum absolute atomic E-state index is 0.169. The van der Waals surface area contributed by atoms with Crippen LogP contribution in [0.5, 0.6) is 0 Å². The second kappa shape index (κ2) is 2.23. The number of rotatable bonds is 0. The molecule has 0 aromatic carbocycles. The molecule has 0 aromatic rings. The number of hydrogen-bond donors (Lipinski definition) is 0. The predicted molar refractivity (Wildman–Crippen MR) is 34.5 cm³/mol. The Labute approximate surface area is 52.8 Å². The zero-order chi connectivity index (χ0) is 5.98. The Hall–Kier alpha value is -0.420. The van der Waals surface area contributed by atoms with Crippen LogP contribution < -0.4 is 0 Å². The van der Waals surface area contributed by atoms with Crippen LogP contribution in [-0.4, -0.2) is 10.4 Å². The summed E-state index contributed by atoms with van der Waals surface area (Å²) in [4.78, 5) is 10.5. The fourth-order valence-corrected chi connectivity index (χ4v) is 1.50. The van der Waals surface area contributed by atoms with Gasteiger partial charge in [0.05, 0.1) is 5.25 Å². The van der Waals surface area contributed by atoms with Crippen LogP contribution in [0.1, 0.15) is 12.8 Å². The zero-order valence-corrected chi connectivity index (χ0v) is 5.20. The molecule has 1 unspecified atom stereocenters. The predicted octanol–water partition coefficient (Wildman–Crippen LogP) is 1.04. The van der Waals surface area contributed by atoms with Crippen molar-refractivity contribution >= 4 is 16.9 Å². The maximum Gasteiger partial charge on any atom is 0.190 e. The van der Waals surface area contributed by atoms with E-state index in [1.165, 1.54) is 11.8 Å². The highest BCUT2D eigenvalue weighted by Crippen LogP contribution is 2.26. The van der Waals surface area contributed by atoms with Gasteiger partial charge in [0.2, 0.25) is 0 Å². The lowest BCUT2D eigenvalue weighted by molar-refractivity contribution is -0.110. The fraction of sp³-hybridized carbons (Fsp3) is 0.500. The van der Waals surface area contributed by atoms with Gasteiger partial charge in [-0.3, -0.25) is 4.79 Å². The molecule has 0 saturated carbocycles. The van der Waals surface area contributed by atoms with Crippen LogP contribution in [-0.2, 0) is 4.79 Å². The Morgan fingerprint density at radius 1 is 1.88 bits per heavy atom. The van der Waals surface area contributed by atoms with Crippen LogP contribution in [0.15, 0.2) is 0 Å². The molecule has 42 valence electrons. The van der Waals surface area contributed by atoms with Gasteiger partial charge in [-0.25, -0.2) is 0 Å². The number of thioether (sulfide) groups is 1. The lowest BCUT2D eigenvalue weighted by Gasteiger charge is -1.89. The van der Waals surface area contributed by atoms with Crippen LogP contribution >= 0.6 is 11.8 Å². The van der Waals surface area contributed by atoms with Gasteiger partial charge in [0.25, 0.3) is 0 Å². The Bertz CT molecular complexity index is 145. The number of carbonyl (C=O) groups is 1. The van der Waals surface area contributed by atoms with E-state index in [1.807, 2.05) is 0 Å². The van der Waals surface area contributed by atoms with Gasteiger partial charge in [-0.05, 0) is 6.42 Å². The molecule has 1 fully saturated rings. The molecule has 0 radical (unpaired) electrons. The Morgan fingerprint density at radius 2 is 2.62 bits per heavy atom. The highest BCUT2D eigenvalue weighted by molar-refractivity contribution is 8.14. The smallest absolute Gasteiger partial charge is 0.190 e. The minimum Gasteiger partial charge on any atom is -0.287 e. The van der Waals surface area contributed by atoms with Crippen LogP contribution in [0.2, 0.25) is 0 Å². The standard InChI is InChI=1S/C6H6OS/c1-2-5-3-4-6(7)8-5/h1,5H,3-4H2. The first-order valence-corrected chi connectivity index (χ1v) is 3.36. The van der Waals surface area contributed by atoms with E-state index in [9.17, 15) is 4.79 Å². The number of terminal acetylenes is 1. The van der Waals surface area contributed by atoms with Gasteiger partial charge in [0.15, 0.2) is 5.12 Å². The SMILES string of the molecule is C#CC1CCC(=O)S1. The first kappa shape index (κ1) is 5.71. The van der Waals surface area contributed by atoms with Crippen molar-refractivity contribution in [3.63, 3.8) is 0 Å². The Morgan fingerprint density at radius 3 is 2.88 bits per heavy atom. The van der Waals surface area contributed by atoms with Gasteiger partial charge in [0.1, 0.15) is 0 Å². The largest absolute Gasteiger partial charge is 0.287 e. The van der Waals surface area contributed by atoms with Crippen molar-refractivity contribution in [2.45, 2.75) is 18.1 Å². The normalized spacial score (nSPS) is 27.9. The van der Waals surface area contributed by atoms with Gasteiger partial charge < -0.3 is 0 Å². The van der Waals surface area contributed by atoms with Gasteiger partial charge in [-0.1, -0.05) is 17.7 Å². The highest BCUT2D eigenvalue weighted by Gasteiger charge is 2.19. The average molecular weight is 126 g/mol. The third kappa shape index (κ3) is 1.05. The fourth-order valence-electron chi connectivity index (χ4n) is 0.643. The summed E-state index contributed by atoms with van der Waals surface area (Å²) in [5, 5.41) is 0.412. The lowest BCUT2D eigenvalue weighted by atomic mass is 10.3. The first-order chi connectivity index (χ1) is 3.83. The van der Waals surface area contributed by atoms with Crippen LogP contribution in [0.4, 0.5) is 0 Å². The maximum atomic E-state index is 10.5. The minimum atomic E-state index is 0.169. The zero-order valence-electron chi connectivity index (χ0n) is 4.39.